The zero-order chi connectivity index (χ0) is 15.6. The van der Waals surface area contributed by atoms with Crippen molar-refractivity contribution in [3.63, 3.8) is 0 Å². The molecule has 1 N–H and O–H groups in total. The minimum absolute atomic E-state index is 0.197. The highest BCUT2D eigenvalue weighted by Crippen LogP contribution is 2.35. The van der Waals surface area contributed by atoms with Crippen LogP contribution in [0.25, 0.3) is 10.9 Å². The molecule has 0 aliphatic carbocycles. The zero-order valence-electron chi connectivity index (χ0n) is 12.8. The van der Waals surface area contributed by atoms with Gasteiger partial charge in [0.15, 0.2) is 6.10 Å². The lowest BCUT2D eigenvalue weighted by Gasteiger charge is -2.10. The van der Waals surface area contributed by atoms with E-state index >= 15 is 0 Å². The quantitative estimate of drug-likeness (QED) is 0.861. The third-order valence-electron chi connectivity index (χ3n) is 3.43. The summed E-state index contributed by atoms with van der Waals surface area (Å²) in [6.07, 6.45) is 0.475. The molecule has 0 aliphatic rings. The van der Waals surface area contributed by atoms with Gasteiger partial charge in [-0.3, -0.25) is 0 Å². The average Bonchev–Trinajstić information content (AvgIpc) is 2.86. The normalized spacial score (nSPS) is 12.7. The second-order valence-corrected chi connectivity index (χ2v) is 5.09. The maximum Gasteiger partial charge on any atom is 0.339 e. The molecule has 0 bridgehead atoms. The lowest BCUT2D eigenvalue weighted by Crippen LogP contribution is -2.15. The summed E-state index contributed by atoms with van der Waals surface area (Å²) in [7, 11) is 1.57. The highest BCUT2D eigenvalue weighted by atomic mass is 16.5. The zero-order valence-corrected chi connectivity index (χ0v) is 12.8. The van der Waals surface area contributed by atoms with Gasteiger partial charge in [0.05, 0.1) is 19.2 Å². The number of nitrogens with zero attached hydrogens (tertiary/aromatic N) is 1. The number of rotatable bonds is 5. The smallest absolute Gasteiger partial charge is 0.339 e. The Balaban J connectivity index is 2.65. The van der Waals surface area contributed by atoms with E-state index in [2.05, 4.69) is 0 Å². The summed E-state index contributed by atoms with van der Waals surface area (Å²) in [6.45, 7) is 6.03. The van der Waals surface area contributed by atoms with Crippen LogP contribution in [0.2, 0.25) is 0 Å². The first-order chi connectivity index (χ1) is 10.0. The highest BCUT2D eigenvalue weighted by Gasteiger charge is 2.25. The third-order valence-corrected chi connectivity index (χ3v) is 3.43. The molecule has 1 heterocycles. The van der Waals surface area contributed by atoms with Crippen molar-refractivity contribution >= 4 is 16.9 Å². The van der Waals surface area contributed by atoms with Crippen molar-refractivity contribution in [1.29, 1.82) is 0 Å². The van der Waals surface area contributed by atoms with Crippen molar-refractivity contribution in [3.8, 4) is 5.75 Å². The van der Waals surface area contributed by atoms with Crippen molar-refractivity contribution in [2.45, 2.75) is 32.9 Å². The summed E-state index contributed by atoms with van der Waals surface area (Å²) in [5, 5.41) is 11.0. The van der Waals surface area contributed by atoms with E-state index < -0.39 is 12.1 Å². The molecule has 114 valence electrons. The van der Waals surface area contributed by atoms with Gasteiger partial charge >= 0.3 is 5.97 Å². The number of hydrogen-bond acceptors (Lipinski definition) is 4. The Hall–Kier alpha value is -2.01. The molecule has 2 rings (SSSR count). The number of carbonyl (C=O) groups excluding carboxylic acids is 1. The van der Waals surface area contributed by atoms with Crippen molar-refractivity contribution in [1.82, 2.24) is 4.57 Å². The van der Waals surface area contributed by atoms with Crippen LogP contribution in [-0.4, -0.2) is 29.4 Å². The Morgan fingerprint density at radius 2 is 2.10 bits per heavy atom. The first-order valence-electron chi connectivity index (χ1n) is 7.03. The minimum atomic E-state index is -1.32. The van der Waals surface area contributed by atoms with Crippen LogP contribution >= 0.6 is 0 Å². The van der Waals surface area contributed by atoms with Crippen LogP contribution in [0.1, 0.15) is 38.5 Å². The SMILES string of the molecule is CCOC(=O)C(O)c1cn(C(C)C)c2cccc(OC)c12. The molecule has 0 fully saturated rings. The van der Waals surface area contributed by atoms with E-state index in [9.17, 15) is 9.90 Å². The number of carbonyl (C=O) groups is 1. The number of aliphatic hydroxyl groups is 1. The molecule has 5 heteroatoms. The van der Waals surface area contributed by atoms with Gasteiger partial charge in [-0.15, -0.1) is 0 Å². The van der Waals surface area contributed by atoms with Crippen molar-refractivity contribution in [3.05, 3.63) is 30.0 Å². The summed E-state index contributed by atoms with van der Waals surface area (Å²) in [5.74, 6) is -0.0172. The van der Waals surface area contributed by atoms with E-state index in [-0.39, 0.29) is 12.6 Å². The summed E-state index contributed by atoms with van der Waals surface area (Å²) < 4.78 is 12.3. The van der Waals surface area contributed by atoms with Gasteiger partial charge in [0.2, 0.25) is 0 Å². The predicted molar refractivity (Wildman–Crippen MR) is 80.5 cm³/mol. The van der Waals surface area contributed by atoms with Gasteiger partial charge in [0.25, 0.3) is 0 Å². The molecule has 0 aliphatic heterocycles. The lowest BCUT2D eigenvalue weighted by atomic mass is 10.1. The van der Waals surface area contributed by atoms with E-state index in [0.717, 1.165) is 10.9 Å². The number of aliphatic hydroxyl groups excluding tert-OH is 1. The Labute approximate surface area is 124 Å². The number of ether oxygens (including phenoxy) is 2. The van der Waals surface area contributed by atoms with Crippen LogP contribution in [0.4, 0.5) is 0 Å². The molecule has 0 radical (unpaired) electrons. The van der Waals surface area contributed by atoms with Crippen LogP contribution in [0.5, 0.6) is 5.75 Å². The first kappa shape index (κ1) is 15.4. The molecule has 0 saturated carbocycles. The van der Waals surface area contributed by atoms with E-state index in [4.69, 9.17) is 9.47 Å². The monoisotopic (exact) mass is 291 g/mol. The van der Waals surface area contributed by atoms with Crippen molar-refractivity contribution < 1.29 is 19.4 Å². The van der Waals surface area contributed by atoms with E-state index in [0.29, 0.717) is 11.3 Å². The summed E-state index contributed by atoms with van der Waals surface area (Å²) in [5.41, 5.74) is 1.43. The van der Waals surface area contributed by atoms with E-state index in [1.165, 1.54) is 0 Å². The predicted octanol–water partition coefficient (Wildman–Crippen LogP) is 2.83. The molecule has 1 atom stereocenters. The summed E-state index contributed by atoms with van der Waals surface area (Å²) in [4.78, 5) is 11.8. The Kier molecular flexibility index (Phi) is 4.53. The Bertz CT molecular complexity index is 645. The van der Waals surface area contributed by atoms with Gasteiger partial charge in [0, 0.05) is 23.2 Å². The highest BCUT2D eigenvalue weighted by molar-refractivity contribution is 5.94. The number of methoxy groups -OCH3 is 1. The lowest BCUT2D eigenvalue weighted by molar-refractivity contribution is -0.153. The fourth-order valence-corrected chi connectivity index (χ4v) is 2.46. The molecule has 1 unspecified atom stereocenters. The van der Waals surface area contributed by atoms with Gasteiger partial charge in [-0.05, 0) is 32.9 Å². The molecule has 5 nitrogen and oxygen atoms in total. The summed E-state index contributed by atoms with van der Waals surface area (Å²) in [6, 6.07) is 5.84. The third kappa shape index (κ3) is 2.74. The standard InChI is InChI=1S/C16H21NO4/c1-5-21-16(19)15(18)11-9-17(10(2)3)12-7-6-8-13(20-4)14(11)12/h6-10,15,18H,5H2,1-4H3. The molecule has 21 heavy (non-hydrogen) atoms. The molecular weight excluding hydrogens is 270 g/mol. The maximum atomic E-state index is 11.8. The molecule has 2 aromatic rings. The maximum absolute atomic E-state index is 11.8. The topological polar surface area (TPSA) is 60.7 Å². The fourth-order valence-electron chi connectivity index (χ4n) is 2.46. The molecular formula is C16H21NO4. The number of aromatic nitrogens is 1. The Morgan fingerprint density at radius 1 is 1.38 bits per heavy atom. The molecule has 1 aromatic heterocycles. The number of benzene rings is 1. The fraction of sp³-hybridized carbons (Fsp3) is 0.438. The minimum Gasteiger partial charge on any atom is -0.496 e. The van der Waals surface area contributed by atoms with E-state index in [1.54, 1.807) is 20.2 Å². The van der Waals surface area contributed by atoms with Gasteiger partial charge < -0.3 is 19.1 Å². The molecule has 0 spiro atoms. The first-order valence-corrected chi connectivity index (χ1v) is 7.03. The number of hydrogen-bond donors (Lipinski definition) is 1. The molecule has 1 aromatic carbocycles. The van der Waals surface area contributed by atoms with E-state index in [1.807, 2.05) is 36.6 Å². The number of esters is 1. The Morgan fingerprint density at radius 3 is 2.67 bits per heavy atom. The molecule has 0 saturated heterocycles. The number of fused-ring (bicyclic) bond motifs is 1. The van der Waals surface area contributed by atoms with Crippen LogP contribution in [0.15, 0.2) is 24.4 Å². The second-order valence-electron chi connectivity index (χ2n) is 5.09. The van der Waals surface area contributed by atoms with Crippen LogP contribution in [0.3, 0.4) is 0 Å². The largest absolute Gasteiger partial charge is 0.496 e. The van der Waals surface area contributed by atoms with Crippen molar-refractivity contribution in [2.75, 3.05) is 13.7 Å². The van der Waals surface area contributed by atoms with Crippen LogP contribution < -0.4 is 4.74 Å². The summed E-state index contributed by atoms with van der Waals surface area (Å²) >= 11 is 0. The molecule has 0 amide bonds. The average molecular weight is 291 g/mol. The van der Waals surface area contributed by atoms with Gasteiger partial charge in [-0.25, -0.2) is 4.79 Å². The van der Waals surface area contributed by atoms with Crippen LogP contribution in [0, 0.1) is 0 Å². The van der Waals surface area contributed by atoms with Crippen LogP contribution in [-0.2, 0) is 9.53 Å². The van der Waals surface area contributed by atoms with Gasteiger partial charge in [0.1, 0.15) is 5.75 Å². The van der Waals surface area contributed by atoms with Crippen molar-refractivity contribution in [2.24, 2.45) is 0 Å². The van der Waals surface area contributed by atoms with Gasteiger partial charge in [-0.1, -0.05) is 6.07 Å². The second kappa shape index (κ2) is 6.18. The van der Waals surface area contributed by atoms with Gasteiger partial charge in [-0.2, -0.15) is 0 Å².